The number of carbonyl (C=O) groups is 1. The van der Waals surface area contributed by atoms with Crippen molar-refractivity contribution in [1.29, 1.82) is 0 Å². The molecule has 3 nitrogen and oxygen atoms in total. The lowest BCUT2D eigenvalue weighted by atomic mass is 10.1. The molecule has 0 aromatic heterocycles. The van der Waals surface area contributed by atoms with Gasteiger partial charge in [-0.1, -0.05) is 6.92 Å². The Morgan fingerprint density at radius 3 is 2.27 bits per heavy atom. The van der Waals surface area contributed by atoms with Crippen LogP contribution in [0.15, 0.2) is 0 Å². The first kappa shape index (κ1) is 13.3. The van der Waals surface area contributed by atoms with Gasteiger partial charge in [-0.25, -0.2) is 0 Å². The molecular weight excluding hydrogens is 166 g/mol. The van der Waals surface area contributed by atoms with E-state index in [0.717, 1.165) is 6.42 Å². The molecular formula is C7H16ClNO2. The molecule has 0 unspecified atom stereocenters. The van der Waals surface area contributed by atoms with Gasteiger partial charge in [0.1, 0.15) is 5.54 Å². The smallest absolute Gasteiger partial charge is 0.325 e. The number of hydrogen-bond acceptors (Lipinski definition) is 3. The van der Waals surface area contributed by atoms with Gasteiger partial charge in [0.05, 0.1) is 6.61 Å². The lowest BCUT2D eigenvalue weighted by Gasteiger charge is -2.15. The molecule has 0 rings (SSSR count). The SMILES string of the molecule is CCCOC(=O)C(C)(C)N.Cl. The van der Waals surface area contributed by atoms with Crippen LogP contribution in [0.25, 0.3) is 0 Å². The Morgan fingerprint density at radius 1 is 1.55 bits per heavy atom. The van der Waals surface area contributed by atoms with Crippen LogP contribution < -0.4 is 5.73 Å². The third-order valence-electron chi connectivity index (χ3n) is 0.963. The largest absolute Gasteiger partial charge is 0.464 e. The summed E-state index contributed by atoms with van der Waals surface area (Å²) in [6.45, 7) is 5.66. The highest BCUT2D eigenvalue weighted by molar-refractivity contribution is 5.85. The summed E-state index contributed by atoms with van der Waals surface area (Å²) in [5, 5.41) is 0. The normalized spacial score (nSPS) is 10.2. The zero-order chi connectivity index (χ0) is 8.20. The van der Waals surface area contributed by atoms with Gasteiger partial charge >= 0.3 is 5.97 Å². The van der Waals surface area contributed by atoms with Crippen LogP contribution in [0.2, 0.25) is 0 Å². The van der Waals surface area contributed by atoms with E-state index in [0.29, 0.717) is 6.61 Å². The fourth-order valence-electron chi connectivity index (χ4n) is 0.381. The van der Waals surface area contributed by atoms with Crippen molar-refractivity contribution >= 4 is 18.4 Å². The second kappa shape index (κ2) is 5.38. The summed E-state index contributed by atoms with van der Waals surface area (Å²) >= 11 is 0. The molecule has 0 bridgehead atoms. The highest BCUT2D eigenvalue weighted by Gasteiger charge is 2.22. The van der Waals surface area contributed by atoms with Gasteiger partial charge in [0.25, 0.3) is 0 Å². The van der Waals surface area contributed by atoms with Gasteiger partial charge < -0.3 is 10.5 Å². The molecule has 0 amide bonds. The maximum absolute atomic E-state index is 10.9. The molecule has 0 aliphatic carbocycles. The van der Waals surface area contributed by atoms with Crippen LogP contribution >= 0.6 is 12.4 Å². The molecule has 68 valence electrons. The lowest BCUT2D eigenvalue weighted by molar-refractivity contribution is -0.148. The summed E-state index contributed by atoms with van der Waals surface area (Å²) in [6, 6.07) is 0. The molecule has 0 aliphatic heterocycles. The number of carbonyl (C=O) groups excluding carboxylic acids is 1. The van der Waals surface area contributed by atoms with E-state index in [9.17, 15) is 4.79 Å². The molecule has 0 atom stereocenters. The summed E-state index contributed by atoms with van der Waals surface area (Å²) in [6.07, 6.45) is 0.835. The Balaban J connectivity index is 0. The van der Waals surface area contributed by atoms with Crippen LogP contribution in [0.3, 0.4) is 0 Å². The Labute approximate surface area is 73.7 Å². The predicted molar refractivity (Wildman–Crippen MR) is 46.8 cm³/mol. The maximum atomic E-state index is 10.9. The average Bonchev–Trinajstić information content (AvgIpc) is 1.80. The Morgan fingerprint density at radius 2 is 2.00 bits per heavy atom. The average molecular weight is 182 g/mol. The first-order chi connectivity index (χ1) is 4.48. The van der Waals surface area contributed by atoms with Gasteiger partial charge in [-0.05, 0) is 20.3 Å². The van der Waals surface area contributed by atoms with Crippen LogP contribution in [0.4, 0.5) is 0 Å². The van der Waals surface area contributed by atoms with Crippen molar-refractivity contribution in [2.24, 2.45) is 5.73 Å². The number of ether oxygens (including phenoxy) is 1. The highest BCUT2D eigenvalue weighted by atomic mass is 35.5. The van der Waals surface area contributed by atoms with Crippen LogP contribution in [-0.4, -0.2) is 18.1 Å². The standard InChI is InChI=1S/C7H15NO2.ClH/c1-4-5-10-6(9)7(2,3)8;/h4-5,8H2,1-3H3;1H. The van der Waals surface area contributed by atoms with Crippen LogP contribution in [0, 0.1) is 0 Å². The van der Waals surface area contributed by atoms with E-state index in [2.05, 4.69) is 0 Å². The first-order valence-electron chi connectivity index (χ1n) is 3.44. The predicted octanol–water partition coefficient (Wildman–Crippen LogP) is 1.10. The van der Waals surface area contributed by atoms with Gasteiger partial charge in [-0.3, -0.25) is 4.79 Å². The third-order valence-corrected chi connectivity index (χ3v) is 0.963. The fraction of sp³-hybridized carbons (Fsp3) is 0.857. The van der Waals surface area contributed by atoms with E-state index in [4.69, 9.17) is 10.5 Å². The fourth-order valence-corrected chi connectivity index (χ4v) is 0.381. The van der Waals surface area contributed by atoms with Crippen molar-refractivity contribution < 1.29 is 9.53 Å². The van der Waals surface area contributed by atoms with Gasteiger partial charge in [0.2, 0.25) is 0 Å². The van der Waals surface area contributed by atoms with E-state index in [-0.39, 0.29) is 18.4 Å². The molecule has 0 aromatic carbocycles. The minimum absolute atomic E-state index is 0. The minimum atomic E-state index is -0.852. The summed E-state index contributed by atoms with van der Waals surface area (Å²) in [7, 11) is 0. The van der Waals surface area contributed by atoms with Crippen molar-refractivity contribution in [3.8, 4) is 0 Å². The Kier molecular flexibility index (Phi) is 6.52. The summed E-state index contributed by atoms with van der Waals surface area (Å²) in [4.78, 5) is 10.9. The van der Waals surface area contributed by atoms with E-state index in [1.165, 1.54) is 0 Å². The summed E-state index contributed by atoms with van der Waals surface area (Å²) < 4.78 is 4.79. The van der Waals surface area contributed by atoms with E-state index >= 15 is 0 Å². The molecule has 0 aromatic rings. The van der Waals surface area contributed by atoms with E-state index in [1.807, 2.05) is 6.92 Å². The van der Waals surface area contributed by atoms with Gasteiger partial charge in [-0.2, -0.15) is 0 Å². The molecule has 0 saturated carbocycles. The second-order valence-electron chi connectivity index (χ2n) is 2.86. The third kappa shape index (κ3) is 6.13. The highest BCUT2D eigenvalue weighted by Crippen LogP contribution is 1.99. The second-order valence-corrected chi connectivity index (χ2v) is 2.86. The topological polar surface area (TPSA) is 52.3 Å². The maximum Gasteiger partial charge on any atom is 0.325 e. The van der Waals surface area contributed by atoms with Crippen molar-refractivity contribution in [3.05, 3.63) is 0 Å². The number of esters is 1. The quantitative estimate of drug-likeness (QED) is 0.664. The molecule has 0 heterocycles. The molecule has 0 radical (unpaired) electrons. The van der Waals surface area contributed by atoms with E-state index < -0.39 is 5.54 Å². The summed E-state index contributed by atoms with van der Waals surface area (Å²) in [5.74, 6) is -0.339. The number of halogens is 1. The monoisotopic (exact) mass is 181 g/mol. The Bertz CT molecular complexity index is 120. The minimum Gasteiger partial charge on any atom is -0.464 e. The number of hydrogen-bond donors (Lipinski definition) is 1. The summed E-state index contributed by atoms with van der Waals surface area (Å²) in [5.41, 5.74) is 4.59. The van der Waals surface area contributed by atoms with Gasteiger partial charge in [0, 0.05) is 0 Å². The van der Waals surface area contributed by atoms with Crippen LogP contribution in [0.1, 0.15) is 27.2 Å². The van der Waals surface area contributed by atoms with Crippen molar-refractivity contribution in [2.75, 3.05) is 6.61 Å². The van der Waals surface area contributed by atoms with Crippen molar-refractivity contribution in [2.45, 2.75) is 32.7 Å². The molecule has 0 fully saturated rings. The lowest BCUT2D eigenvalue weighted by Crippen LogP contribution is -2.42. The molecule has 2 N–H and O–H groups in total. The van der Waals surface area contributed by atoms with Gasteiger partial charge in [0.15, 0.2) is 0 Å². The zero-order valence-electron chi connectivity index (χ0n) is 7.22. The molecule has 4 heteroatoms. The zero-order valence-corrected chi connectivity index (χ0v) is 8.03. The van der Waals surface area contributed by atoms with Crippen molar-refractivity contribution in [3.63, 3.8) is 0 Å². The molecule has 0 saturated heterocycles. The molecule has 0 spiro atoms. The van der Waals surface area contributed by atoms with Crippen LogP contribution in [0.5, 0.6) is 0 Å². The molecule has 0 aliphatic rings. The number of rotatable bonds is 3. The van der Waals surface area contributed by atoms with E-state index in [1.54, 1.807) is 13.8 Å². The number of nitrogens with two attached hydrogens (primary N) is 1. The van der Waals surface area contributed by atoms with Crippen molar-refractivity contribution in [1.82, 2.24) is 0 Å². The molecule has 11 heavy (non-hydrogen) atoms. The first-order valence-corrected chi connectivity index (χ1v) is 3.44. The van der Waals surface area contributed by atoms with Gasteiger partial charge in [-0.15, -0.1) is 12.4 Å². The van der Waals surface area contributed by atoms with Crippen LogP contribution in [-0.2, 0) is 9.53 Å². The Hall–Kier alpha value is -0.280.